The quantitative estimate of drug-likeness (QED) is 0.924. The van der Waals surface area contributed by atoms with Crippen molar-refractivity contribution < 1.29 is 9.63 Å². The van der Waals surface area contributed by atoms with Crippen molar-refractivity contribution in [3.63, 3.8) is 0 Å². The fourth-order valence-corrected chi connectivity index (χ4v) is 4.57. The van der Waals surface area contributed by atoms with E-state index in [0.717, 1.165) is 36.6 Å². The first-order valence-corrected chi connectivity index (χ1v) is 8.65. The first-order chi connectivity index (χ1) is 10.3. The summed E-state index contributed by atoms with van der Waals surface area (Å²) in [6, 6.07) is 8.54. The topological polar surface area (TPSA) is 59.2 Å². The van der Waals surface area contributed by atoms with Crippen LogP contribution in [0.5, 0.6) is 0 Å². The maximum Gasteiger partial charge on any atom is 0.233 e. The third-order valence-corrected chi connectivity index (χ3v) is 5.68. The van der Waals surface area contributed by atoms with Gasteiger partial charge in [0.1, 0.15) is 0 Å². The summed E-state index contributed by atoms with van der Waals surface area (Å²) in [5, 5.41) is 14.2. The maximum atomic E-state index is 9.97. The van der Waals surface area contributed by atoms with E-state index in [4.69, 9.17) is 4.52 Å². The van der Waals surface area contributed by atoms with Gasteiger partial charge in [-0.3, -0.25) is 0 Å². The number of thioether (sulfide) groups is 1. The molecule has 0 radical (unpaired) electrons. The summed E-state index contributed by atoms with van der Waals surface area (Å²) in [6.07, 6.45) is 3.00. The fraction of sp³-hybridized carbons (Fsp3) is 0.500. The molecule has 0 spiro atoms. The lowest BCUT2D eigenvalue weighted by molar-refractivity contribution is 0.164. The van der Waals surface area contributed by atoms with Crippen LogP contribution in [0.25, 0.3) is 0 Å². The number of aliphatic hydroxyl groups excluding tert-OH is 1. The standard InChI is InChI=1S/C16H18N2O2S/c19-14-9-21-8-13(14)16-17-15(18-20-16)12-7-3-5-10-4-1-2-6-11(10)12/h1-2,4,6,12-14,19H,3,5,7-9H2. The number of benzene rings is 1. The molecule has 1 aliphatic carbocycles. The predicted octanol–water partition coefficient (Wildman–Crippen LogP) is 2.73. The van der Waals surface area contributed by atoms with E-state index in [2.05, 4.69) is 34.4 Å². The second-order valence-electron chi connectivity index (χ2n) is 5.85. The van der Waals surface area contributed by atoms with E-state index >= 15 is 0 Å². The van der Waals surface area contributed by atoms with Gasteiger partial charge in [0.05, 0.1) is 12.0 Å². The highest BCUT2D eigenvalue weighted by Crippen LogP contribution is 2.37. The van der Waals surface area contributed by atoms with Crippen LogP contribution in [0.15, 0.2) is 28.8 Å². The Morgan fingerprint density at radius 2 is 2.14 bits per heavy atom. The SMILES string of the molecule is OC1CSCC1c1nc(C2CCCc3ccccc32)no1. The number of fused-ring (bicyclic) bond motifs is 1. The molecule has 0 amide bonds. The zero-order valence-electron chi connectivity index (χ0n) is 11.7. The molecule has 5 heteroatoms. The lowest BCUT2D eigenvalue weighted by Crippen LogP contribution is -2.16. The van der Waals surface area contributed by atoms with Crippen molar-refractivity contribution in [1.82, 2.24) is 10.1 Å². The molecule has 0 bridgehead atoms. The van der Waals surface area contributed by atoms with Crippen LogP contribution in [0.4, 0.5) is 0 Å². The maximum absolute atomic E-state index is 9.97. The number of aryl methyl sites for hydroxylation is 1. The van der Waals surface area contributed by atoms with E-state index in [1.807, 2.05) is 0 Å². The summed E-state index contributed by atoms with van der Waals surface area (Å²) in [4.78, 5) is 4.61. The minimum Gasteiger partial charge on any atom is -0.391 e. The van der Waals surface area contributed by atoms with E-state index in [1.54, 1.807) is 11.8 Å². The molecule has 110 valence electrons. The first kappa shape index (κ1) is 13.3. The zero-order valence-corrected chi connectivity index (χ0v) is 12.6. The molecule has 1 aliphatic heterocycles. The van der Waals surface area contributed by atoms with Crippen molar-refractivity contribution in [3.8, 4) is 0 Å². The van der Waals surface area contributed by atoms with E-state index < -0.39 is 0 Å². The summed E-state index contributed by atoms with van der Waals surface area (Å²) in [5.41, 5.74) is 2.73. The largest absolute Gasteiger partial charge is 0.391 e. The van der Waals surface area contributed by atoms with Crippen molar-refractivity contribution in [2.75, 3.05) is 11.5 Å². The summed E-state index contributed by atoms with van der Waals surface area (Å²) in [5.74, 6) is 3.24. The van der Waals surface area contributed by atoms with Crippen molar-refractivity contribution in [2.45, 2.75) is 37.2 Å². The highest BCUT2D eigenvalue weighted by molar-refractivity contribution is 7.99. The molecule has 0 saturated carbocycles. The molecule has 1 saturated heterocycles. The van der Waals surface area contributed by atoms with Crippen LogP contribution >= 0.6 is 11.8 Å². The van der Waals surface area contributed by atoms with Crippen molar-refractivity contribution >= 4 is 11.8 Å². The number of nitrogens with zero attached hydrogens (tertiary/aromatic N) is 2. The Morgan fingerprint density at radius 3 is 3.00 bits per heavy atom. The lowest BCUT2D eigenvalue weighted by Gasteiger charge is -2.22. The molecule has 1 N–H and O–H groups in total. The number of hydrogen-bond donors (Lipinski definition) is 1. The highest BCUT2D eigenvalue weighted by Gasteiger charge is 2.33. The van der Waals surface area contributed by atoms with E-state index in [1.165, 1.54) is 11.1 Å². The lowest BCUT2D eigenvalue weighted by atomic mass is 9.82. The van der Waals surface area contributed by atoms with Gasteiger partial charge >= 0.3 is 0 Å². The highest BCUT2D eigenvalue weighted by atomic mass is 32.2. The molecule has 2 aliphatic rings. The van der Waals surface area contributed by atoms with Gasteiger partial charge in [0.2, 0.25) is 5.89 Å². The van der Waals surface area contributed by atoms with Gasteiger partial charge in [0.15, 0.2) is 5.82 Å². The van der Waals surface area contributed by atoms with Crippen molar-refractivity contribution in [3.05, 3.63) is 47.1 Å². The fourth-order valence-electron chi connectivity index (χ4n) is 3.34. The van der Waals surface area contributed by atoms with E-state index in [9.17, 15) is 5.11 Å². The molecule has 1 fully saturated rings. The first-order valence-electron chi connectivity index (χ1n) is 7.50. The molecule has 3 atom stereocenters. The van der Waals surface area contributed by atoms with Crippen LogP contribution in [0, 0.1) is 0 Å². The van der Waals surface area contributed by atoms with Gasteiger partial charge in [-0.1, -0.05) is 29.4 Å². The minimum absolute atomic E-state index is 0.00455. The Hall–Kier alpha value is -1.33. The zero-order chi connectivity index (χ0) is 14.2. The number of aromatic nitrogens is 2. The van der Waals surface area contributed by atoms with Gasteiger partial charge in [-0.2, -0.15) is 16.7 Å². The van der Waals surface area contributed by atoms with Gasteiger partial charge < -0.3 is 9.63 Å². The molecule has 2 heterocycles. The van der Waals surface area contributed by atoms with E-state index in [0.29, 0.717) is 5.89 Å². The van der Waals surface area contributed by atoms with Crippen LogP contribution in [-0.4, -0.2) is 32.9 Å². The van der Waals surface area contributed by atoms with Crippen LogP contribution < -0.4 is 0 Å². The Labute approximate surface area is 127 Å². The summed E-state index contributed by atoms with van der Waals surface area (Å²) >= 11 is 1.74. The van der Waals surface area contributed by atoms with E-state index in [-0.39, 0.29) is 17.9 Å². The molecule has 3 unspecified atom stereocenters. The van der Waals surface area contributed by atoms with Crippen LogP contribution in [-0.2, 0) is 6.42 Å². The molecule has 2 aromatic rings. The Bertz CT molecular complexity index is 643. The summed E-state index contributed by atoms with van der Waals surface area (Å²) < 4.78 is 5.45. The van der Waals surface area contributed by atoms with Gasteiger partial charge in [0.25, 0.3) is 0 Å². The smallest absolute Gasteiger partial charge is 0.233 e. The Balaban J connectivity index is 1.65. The number of rotatable bonds is 2. The molecule has 4 rings (SSSR count). The third kappa shape index (κ3) is 2.38. The molecular weight excluding hydrogens is 284 g/mol. The molecule has 21 heavy (non-hydrogen) atoms. The monoisotopic (exact) mass is 302 g/mol. The minimum atomic E-state index is -0.359. The van der Waals surface area contributed by atoms with Crippen LogP contribution in [0.1, 0.15) is 47.5 Å². The van der Waals surface area contributed by atoms with Crippen molar-refractivity contribution in [1.29, 1.82) is 0 Å². The van der Waals surface area contributed by atoms with Gasteiger partial charge in [0, 0.05) is 17.4 Å². The number of hydrogen-bond acceptors (Lipinski definition) is 5. The number of aliphatic hydroxyl groups is 1. The molecule has 4 nitrogen and oxygen atoms in total. The third-order valence-electron chi connectivity index (χ3n) is 4.51. The molecular formula is C16H18N2O2S. The normalized spacial score (nSPS) is 28.5. The second-order valence-corrected chi connectivity index (χ2v) is 6.92. The van der Waals surface area contributed by atoms with Crippen LogP contribution in [0.3, 0.4) is 0 Å². The second kappa shape index (κ2) is 5.46. The predicted molar refractivity (Wildman–Crippen MR) is 81.6 cm³/mol. The summed E-state index contributed by atoms with van der Waals surface area (Å²) in [6.45, 7) is 0. The average Bonchev–Trinajstić information content (AvgIpc) is 3.15. The summed E-state index contributed by atoms with van der Waals surface area (Å²) in [7, 11) is 0. The van der Waals surface area contributed by atoms with Gasteiger partial charge in [-0.25, -0.2) is 0 Å². The molecule has 1 aromatic heterocycles. The Kier molecular flexibility index (Phi) is 3.47. The Morgan fingerprint density at radius 1 is 1.24 bits per heavy atom. The average molecular weight is 302 g/mol. The van der Waals surface area contributed by atoms with Crippen LogP contribution in [0.2, 0.25) is 0 Å². The molecule has 1 aromatic carbocycles. The van der Waals surface area contributed by atoms with Gasteiger partial charge in [-0.05, 0) is 30.4 Å². The van der Waals surface area contributed by atoms with Crippen molar-refractivity contribution in [2.24, 2.45) is 0 Å². The van der Waals surface area contributed by atoms with Gasteiger partial charge in [-0.15, -0.1) is 0 Å².